The van der Waals surface area contributed by atoms with Gasteiger partial charge < -0.3 is 15.5 Å². The summed E-state index contributed by atoms with van der Waals surface area (Å²) < 4.78 is 0. The van der Waals surface area contributed by atoms with Crippen LogP contribution >= 0.6 is 0 Å². The summed E-state index contributed by atoms with van der Waals surface area (Å²) >= 11 is 0. The molecular formula is C27H37N3O2. The van der Waals surface area contributed by atoms with Crippen LogP contribution in [0.15, 0.2) is 54.6 Å². The Morgan fingerprint density at radius 1 is 1.09 bits per heavy atom. The molecule has 32 heavy (non-hydrogen) atoms. The molecule has 2 N–H and O–H groups in total. The molecule has 1 aliphatic heterocycles. The number of Topliss-reactive ketones (excluding diaryl/α,β-unsaturated/α-hetero) is 1. The van der Waals surface area contributed by atoms with Gasteiger partial charge in [0.1, 0.15) is 0 Å². The quantitative estimate of drug-likeness (QED) is 0.381. The van der Waals surface area contributed by atoms with E-state index in [4.69, 9.17) is 0 Å². The first kappa shape index (κ1) is 24.0. The van der Waals surface area contributed by atoms with Crippen molar-refractivity contribution in [2.45, 2.75) is 58.4 Å². The highest BCUT2D eigenvalue weighted by molar-refractivity contribution is 5.96. The van der Waals surface area contributed by atoms with Crippen molar-refractivity contribution in [2.24, 2.45) is 5.92 Å². The number of benzene rings is 2. The van der Waals surface area contributed by atoms with E-state index in [1.807, 2.05) is 0 Å². The van der Waals surface area contributed by atoms with Gasteiger partial charge in [0.2, 0.25) is 0 Å². The van der Waals surface area contributed by atoms with E-state index in [2.05, 4.69) is 52.8 Å². The Hall–Kier alpha value is -2.66. The molecular weight excluding hydrogens is 398 g/mol. The van der Waals surface area contributed by atoms with Crippen LogP contribution in [-0.2, 0) is 6.42 Å². The van der Waals surface area contributed by atoms with E-state index in [0.29, 0.717) is 23.8 Å². The monoisotopic (exact) mass is 435 g/mol. The first-order chi connectivity index (χ1) is 15.5. The lowest BCUT2D eigenvalue weighted by Gasteiger charge is -2.40. The number of carbonyl (C=O) groups is 2. The normalized spacial score (nSPS) is 18.8. The molecule has 1 fully saturated rings. The van der Waals surface area contributed by atoms with Crippen molar-refractivity contribution in [1.82, 2.24) is 10.2 Å². The van der Waals surface area contributed by atoms with Gasteiger partial charge in [-0.1, -0.05) is 49.4 Å². The van der Waals surface area contributed by atoms with Gasteiger partial charge in [-0.2, -0.15) is 0 Å². The number of nitrogens with one attached hydrogen (secondary N) is 2. The fourth-order valence-corrected chi connectivity index (χ4v) is 4.73. The van der Waals surface area contributed by atoms with Crippen molar-refractivity contribution in [3.8, 4) is 0 Å². The summed E-state index contributed by atoms with van der Waals surface area (Å²) in [6.07, 6.45) is 6.91. The standard InChI is InChI=1S/C27H37N3O2/c1-3-16-30-17-14-23(18-22-9-5-4-6-10-22)19-26(30)13-8-15-28-27(32)29-25-12-7-11-24(20-25)21(2)31/h4-7,9-12,20,23,26H,3,8,13-19H2,1-2H3,(H2,28,29,32)/t23-,26-/m1/s1. The van der Waals surface area contributed by atoms with Crippen molar-refractivity contribution < 1.29 is 9.59 Å². The molecule has 2 amide bonds. The average Bonchev–Trinajstić information content (AvgIpc) is 2.79. The summed E-state index contributed by atoms with van der Waals surface area (Å²) in [6, 6.07) is 18.2. The van der Waals surface area contributed by atoms with E-state index >= 15 is 0 Å². The van der Waals surface area contributed by atoms with Crippen molar-refractivity contribution >= 4 is 17.5 Å². The number of rotatable bonds is 10. The number of carbonyl (C=O) groups excluding carboxylic acids is 2. The fraction of sp³-hybridized carbons (Fsp3) is 0.481. The summed E-state index contributed by atoms with van der Waals surface area (Å²) in [5.74, 6) is 0.726. The van der Waals surface area contributed by atoms with Gasteiger partial charge >= 0.3 is 6.03 Å². The second-order valence-electron chi connectivity index (χ2n) is 8.93. The third-order valence-electron chi connectivity index (χ3n) is 6.35. The van der Waals surface area contributed by atoms with Crippen LogP contribution in [0.25, 0.3) is 0 Å². The Labute approximate surface area is 192 Å². The van der Waals surface area contributed by atoms with Gasteiger partial charge in [0.25, 0.3) is 0 Å². The van der Waals surface area contributed by atoms with Crippen LogP contribution in [-0.4, -0.2) is 42.4 Å². The van der Waals surface area contributed by atoms with Crippen molar-refractivity contribution in [3.63, 3.8) is 0 Å². The first-order valence-corrected chi connectivity index (χ1v) is 12.0. The van der Waals surface area contributed by atoms with Gasteiger partial charge in [-0.15, -0.1) is 0 Å². The lowest BCUT2D eigenvalue weighted by atomic mass is 9.84. The number of urea groups is 1. The number of hydrogen-bond donors (Lipinski definition) is 2. The highest BCUT2D eigenvalue weighted by Gasteiger charge is 2.27. The van der Waals surface area contributed by atoms with E-state index in [9.17, 15) is 9.59 Å². The number of nitrogens with zero attached hydrogens (tertiary/aromatic N) is 1. The minimum Gasteiger partial charge on any atom is -0.338 e. The third kappa shape index (κ3) is 7.49. The number of hydrogen-bond acceptors (Lipinski definition) is 3. The Kier molecular flexibility index (Phi) is 9.29. The van der Waals surface area contributed by atoms with E-state index in [1.54, 1.807) is 24.3 Å². The minimum absolute atomic E-state index is 0.0104. The van der Waals surface area contributed by atoms with Gasteiger partial charge in [-0.05, 0) is 82.2 Å². The number of likely N-dealkylation sites (tertiary alicyclic amines) is 1. The Balaban J connectivity index is 1.44. The largest absolute Gasteiger partial charge is 0.338 e. The predicted octanol–water partition coefficient (Wildman–Crippen LogP) is 5.52. The van der Waals surface area contributed by atoms with Crippen LogP contribution in [0.1, 0.15) is 61.9 Å². The number of ketones is 1. The Morgan fingerprint density at radius 2 is 1.91 bits per heavy atom. The molecule has 1 saturated heterocycles. The molecule has 0 aromatic heterocycles. The minimum atomic E-state index is -0.221. The molecule has 0 bridgehead atoms. The molecule has 5 heteroatoms. The maximum atomic E-state index is 12.2. The van der Waals surface area contributed by atoms with Crippen molar-refractivity contribution in [1.29, 1.82) is 0 Å². The van der Waals surface area contributed by atoms with Gasteiger partial charge in [0.15, 0.2) is 5.78 Å². The molecule has 0 aliphatic carbocycles. The van der Waals surface area contributed by atoms with Gasteiger partial charge in [-0.25, -0.2) is 4.79 Å². The molecule has 2 aromatic rings. The van der Waals surface area contributed by atoms with Crippen LogP contribution in [0.5, 0.6) is 0 Å². The summed E-state index contributed by atoms with van der Waals surface area (Å²) in [4.78, 5) is 26.4. The Bertz CT molecular complexity index is 868. The first-order valence-electron chi connectivity index (χ1n) is 12.0. The number of amides is 2. The lowest BCUT2D eigenvalue weighted by Crippen LogP contribution is -2.43. The van der Waals surface area contributed by atoms with E-state index in [-0.39, 0.29) is 11.8 Å². The molecule has 0 spiro atoms. The molecule has 0 unspecified atom stereocenters. The smallest absolute Gasteiger partial charge is 0.319 e. The highest BCUT2D eigenvalue weighted by Crippen LogP contribution is 2.28. The molecule has 1 heterocycles. The summed E-state index contributed by atoms with van der Waals surface area (Å²) in [5, 5.41) is 5.79. The molecule has 0 radical (unpaired) electrons. The molecule has 0 saturated carbocycles. The molecule has 2 aromatic carbocycles. The summed E-state index contributed by atoms with van der Waals surface area (Å²) in [6.45, 7) is 6.76. The second kappa shape index (κ2) is 12.4. The zero-order valence-corrected chi connectivity index (χ0v) is 19.5. The van der Waals surface area contributed by atoms with Crippen LogP contribution in [0, 0.1) is 5.92 Å². The van der Waals surface area contributed by atoms with Crippen LogP contribution in [0.3, 0.4) is 0 Å². The maximum Gasteiger partial charge on any atom is 0.319 e. The SMILES string of the molecule is CCCN1CC[C@H](Cc2ccccc2)C[C@H]1CCCNC(=O)Nc1cccc(C(C)=O)c1. The van der Waals surface area contributed by atoms with Crippen molar-refractivity contribution in [3.05, 3.63) is 65.7 Å². The van der Waals surface area contributed by atoms with E-state index in [1.165, 1.54) is 38.3 Å². The van der Waals surface area contributed by atoms with Crippen LogP contribution in [0.4, 0.5) is 10.5 Å². The zero-order chi connectivity index (χ0) is 22.8. The van der Waals surface area contributed by atoms with Crippen LogP contribution in [0.2, 0.25) is 0 Å². The highest BCUT2D eigenvalue weighted by atomic mass is 16.2. The van der Waals surface area contributed by atoms with Gasteiger partial charge in [0, 0.05) is 23.8 Å². The molecule has 172 valence electrons. The third-order valence-corrected chi connectivity index (χ3v) is 6.35. The maximum absolute atomic E-state index is 12.2. The van der Waals surface area contributed by atoms with Crippen molar-refractivity contribution in [2.75, 3.05) is 25.0 Å². The summed E-state index contributed by atoms with van der Waals surface area (Å²) in [7, 11) is 0. The molecule has 3 rings (SSSR count). The van der Waals surface area contributed by atoms with E-state index < -0.39 is 0 Å². The van der Waals surface area contributed by atoms with Gasteiger partial charge in [-0.3, -0.25) is 4.79 Å². The molecule has 2 atom stereocenters. The summed E-state index contributed by atoms with van der Waals surface area (Å²) in [5.41, 5.74) is 2.67. The molecule has 5 nitrogen and oxygen atoms in total. The number of piperidine rings is 1. The van der Waals surface area contributed by atoms with Crippen LogP contribution < -0.4 is 10.6 Å². The lowest BCUT2D eigenvalue weighted by molar-refractivity contribution is 0.101. The number of anilines is 1. The second-order valence-corrected chi connectivity index (χ2v) is 8.93. The van der Waals surface area contributed by atoms with Gasteiger partial charge in [0.05, 0.1) is 0 Å². The van der Waals surface area contributed by atoms with E-state index in [0.717, 1.165) is 31.7 Å². The molecule has 1 aliphatic rings. The Morgan fingerprint density at radius 3 is 2.66 bits per heavy atom. The zero-order valence-electron chi connectivity index (χ0n) is 19.5. The predicted molar refractivity (Wildman–Crippen MR) is 131 cm³/mol. The topological polar surface area (TPSA) is 61.4 Å². The fourth-order valence-electron chi connectivity index (χ4n) is 4.73. The average molecular weight is 436 g/mol.